The second-order valence-electron chi connectivity index (χ2n) is 7.56. The lowest BCUT2D eigenvalue weighted by molar-refractivity contribution is -0.135. The second-order valence-corrected chi connectivity index (χ2v) is 7.56. The standard InChI is InChI=1S/C19H29N5O/c25-18(16-6-2-3-7-16)23-14-12-22(13-15-23)17-8-9-20-19(21-17)24-10-4-1-5-11-24/h8-9,16H,1-7,10-15H2. The minimum absolute atomic E-state index is 0.288. The van der Waals surface area contributed by atoms with Gasteiger partial charge >= 0.3 is 0 Å². The van der Waals surface area contributed by atoms with Crippen LogP contribution in [0.1, 0.15) is 44.9 Å². The van der Waals surface area contributed by atoms with Crippen molar-refractivity contribution in [2.75, 3.05) is 49.1 Å². The Morgan fingerprint density at radius 1 is 0.880 bits per heavy atom. The molecule has 0 aromatic carbocycles. The fraction of sp³-hybridized carbons (Fsp3) is 0.737. The molecule has 2 aliphatic heterocycles. The van der Waals surface area contributed by atoms with E-state index in [1.165, 1.54) is 32.1 Å². The molecule has 6 nitrogen and oxygen atoms in total. The molecule has 136 valence electrons. The number of hydrogen-bond donors (Lipinski definition) is 0. The zero-order valence-electron chi connectivity index (χ0n) is 15.1. The molecule has 1 saturated carbocycles. The molecule has 0 unspecified atom stereocenters. The number of carbonyl (C=O) groups excluding carboxylic acids is 1. The van der Waals surface area contributed by atoms with Crippen molar-refractivity contribution in [1.29, 1.82) is 0 Å². The lowest BCUT2D eigenvalue weighted by Gasteiger charge is -2.37. The number of aromatic nitrogens is 2. The Labute approximate surface area is 150 Å². The zero-order chi connectivity index (χ0) is 17.1. The molecule has 1 aromatic heterocycles. The van der Waals surface area contributed by atoms with E-state index in [0.717, 1.165) is 63.9 Å². The summed E-state index contributed by atoms with van der Waals surface area (Å²) >= 11 is 0. The number of piperidine rings is 1. The highest BCUT2D eigenvalue weighted by Crippen LogP contribution is 2.27. The Morgan fingerprint density at radius 3 is 2.32 bits per heavy atom. The highest BCUT2D eigenvalue weighted by atomic mass is 16.2. The summed E-state index contributed by atoms with van der Waals surface area (Å²) < 4.78 is 0. The number of hydrogen-bond acceptors (Lipinski definition) is 5. The van der Waals surface area contributed by atoms with Gasteiger partial charge in [0.1, 0.15) is 5.82 Å². The van der Waals surface area contributed by atoms with Crippen LogP contribution in [-0.4, -0.2) is 60.0 Å². The van der Waals surface area contributed by atoms with Gasteiger partial charge < -0.3 is 14.7 Å². The molecule has 3 heterocycles. The van der Waals surface area contributed by atoms with E-state index in [1.807, 2.05) is 12.3 Å². The van der Waals surface area contributed by atoms with Gasteiger partial charge in [-0.1, -0.05) is 12.8 Å². The van der Waals surface area contributed by atoms with Gasteiger partial charge in [0.2, 0.25) is 11.9 Å². The third-order valence-corrected chi connectivity index (χ3v) is 5.89. The molecule has 3 aliphatic rings. The van der Waals surface area contributed by atoms with Crippen molar-refractivity contribution in [1.82, 2.24) is 14.9 Å². The Hall–Kier alpha value is -1.85. The normalized spacial score (nSPS) is 22.5. The summed E-state index contributed by atoms with van der Waals surface area (Å²) in [6.45, 7) is 5.50. The van der Waals surface area contributed by atoms with Gasteiger partial charge in [0, 0.05) is 51.4 Å². The van der Waals surface area contributed by atoms with Crippen LogP contribution in [0, 0.1) is 5.92 Å². The van der Waals surface area contributed by atoms with Gasteiger partial charge in [-0.15, -0.1) is 0 Å². The van der Waals surface area contributed by atoms with Crippen LogP contribution < -0.4 is 9.80 Å². The number of amides is 1. The van der Waals surface area contributed by atoms with Gasteiger partial charge in [0.05, 0.1) is 0 Å². The number of anilines is 2. The maximum atomic E-state index is 12.6. The minimum atomic E-state index is 0.288. The molecule has 4 rings (SSSR count). The smallest absolute Gasteiger partial charge is 0.227 e. The number of nitrogens with zero attached hydrogens (tertiary/aromatic N) is 5. The monoisotopic (exact) mass is 343 g/mol. The van der Waals surface area contributed by atoms with Gasteiger partial charge in [-0.3, -0.25) is 4.79 Å². The molecular weight excluding hydrogens is 314 g/mol. The topological polar surface area (TPSA) is 52.6 Å². The first-order chi connectivity index (χ1) is 12.3. The minimum Gasteiger partial charge on any atom is -0.353 e. The highest BCUT2D eigenvalue weighted by molar-refractivity contribution is 5.79. The molecule has 0 atom stereocenters. The first kappa shape index (κ1) is 16.6. The summed E-state index contributed by atoms with van der Waals surface area (Å²) in [5, 5.41) is 0. The Balaban J connectivity index is 1.36. The second kappa shape index (κ2) is 7.58. The zero-order valence-corrected chi connectivity index (χ0v) is 15.1. The molecule has 1 amide bonds. The van der Waals surface area contributed by atoms with Crippen LogP contribution in [0.25, 0.3) is 0 Å². The van der Waals surface area contributed by atoms with Crippen LogP contribution in [0.15, 0.2) is 12.3 Å². The van der Waals surface area contributed by atoms with E-state index in [9.17, 15) is 4.79 Å². The van der Waals surface area contributed by atoms with Crippen LogP contribution in [0.4, 0.5) is 11.8 Å². The van der Waals surface area contributed by atoms with Gasteiger partial charge in [-0.05, 0) is 38.2 Å². The van der Waals surface area contributed by atoms with E-state index < -0.39 is 0 Å². The van der Waals surface area contributed by atoms with E-state index in [0.29, 0.717) is 5.91 Å². The Morgan fingerprint density at radius 2 is 1.60 bits per heavy atom. The quantitative estimate of drug-likeness (QED) is 0.843. The van der Waals surface area contributed by atoms with Crippen molar-refractivity contribution >= 4 is 17.7 Å². The number of rotatable bonds is 3. The number of piperazine rings is 1. The first-order valence-corrected chi connectivity index (χ1v) is 9.93. The Bertz CT molecular complexity index is 587. The molecule has 0 spiro atoms. The number of carbonyl (C=O) groups is 1. The molecule has 1 aromatic rings. The average Bonchev–Trinajstić information content (AvgIpc) is 3.23. The molecule has 3 fully saturated rings. The fourth-order valence-electron chi connectivity index (χ4n) is 4.35. The van der Waals surface area contributed by atoms with Crippen molar-refractivity contribution in [2.45, 2.75) is 44.9 Å². The first-order valence-electron chi connectivity index (χ1n) is 9.93. The van der Waals surface area contributed by atoms with Crippen LogP contribution in [0.2, 0.25) is 0 Å². The Kier molecular flexibility index (Phi) is 5.04. The highest BCUT2D eigenvalue weighted by Gasteiger charge is 2.29. The molecular formula is C19H29N5O. The predicted molar refractivity (Wildman–Crippen MR) is 98.8 cm³/mol. The maximum absolute atomic E-state index is 12.6. The average molecular weight is 343 g/mol. The molecule has 25 heavy (non-hydrogen) atoms. The summed E-state index contributed by atoms with van der Waals surface area (Å²) in [5.74, 6) is 2.54. The van der Waals surface area contributed by atoms with E-state index in [1.54, 1.807) is 0 Å². The summed E-state index contributed by atoms with van der Waals surface area (Å²) in [6.07, 6.45) is 10.3. The summed E-state index contributed by atoms with van der Waals surface area (Å²) in [7, 11) is 0. The van der Waals surface area contributed by atoms with E-state index >= 15 is 0 Å². The van der Waals surface area contributed by atoms with Gasteiger partial charge in [0.15, 0.2) is 0 Å². The van der Waals surface area contributed by atoms with Crippen molar-refractivity contribution < 1.29 is 4.79 Å². The molecule has 2 saturated heterocycles. The van der Waals surface area contributed by atoms with Gasteiger partial charge in [-0.2, -0.15) is 4.98 Å². The maximum Gasteiger partial charge on any atom is 0.227 e. The lowest BCUT2D eigenvalue weighted by Crippen LogP contribution is -2.50. The molecule has 0 bridgehead atoms. The summed E-state index contributed by atoms with van der Waals surface area (Å²) in [6, 6.07) is 2.00. The molecule has 0 radical (unpaired) electrons. The predicted octanol–water partition coefficient (Wildman–Crippen LogP) is 2.31. The largest absolute Gasteiger partial charge is 0.353 e. The molecule has 1 aliphatic carbocycles. The van der Waals surface area contributed by atoms with Crippen LogP contribution in [0.3, 0.4) is 0 Å². The van der Waals surface area contributed by atoms with E-state index in [2.05, 4.69) is 19.7 Å². The lowest BCUT2D eigenvalue weighted by atomic mass is 10.1. The van der Waals surface area contributed by atoms with Crippen molar-refractivity contribution in [2.24, 2.45) is 5.92 Å². The van der Waals surface area contributed by atoms with Crippen molar-refractivity contribution in [3.63, 3.8) is 0 Å². The van der Waals surface area contributed by atoms with Crippen LogP contribution >= 0.6 is 0 Å². The summed E-state index contributed by atoms with van der Waals surface area (Å²) in [4.78, 5) is 28.5. The summed E-state index contributed by atoms with van der Waals surface area (Å²) in [5.41, 5.74) is 0. The third kappa shape index (κ3) is 3.72. The fourth-order valence-corrected chi connectivity index (χ4v) is 4.35. The molecule has 6 heteroatoms. The van der Waals surface area contributed by atoms with Gasteiger partial charge in [-0.25, -0.2) is 4.98 Å². The van der Waals surface area contributed by atoms with E-state index in [-0.39, 0.29) is 5.92 Å². The van der Waals surface area contributed by atoms with E-state index in [4.69, 9.17) is 4.98 Å². The van der Waals surface area contributed by atoms with Crippen LogP contribution in [0.5, 0.6) is 0 Å². The van der Waals surface area contributed by atoms with Crippen LogP contribution in [-0.2, 0) is 4.79 Å². The van der Waals surface area contributed by atoms with Gasteiger partial charge in [0.25, 0.3) is 0 Å². The van der Waals surface area contributed by atoms with Crippen molar-refractivity contribution in [3.8, 4) is 0 Å². The van der Waals surface area contributed by atoms with Crippen molar-refractivity contribution in [3.05, 3.63) is 12.3 Å². The third-order valence-electron chi connectivity index (χ3n) is 5.89. The molecule has 0 N–H and O–H groups in total. The SMILES string of the molecule is O=C(C1CCCC1)N1CCN(c2ccnc(N3CCCCC3)n2)CC1.